The fourth-order valence-corrected chi connectivity index (χ4v) is 2.60. The van der Waals surface area contributed by atoms with Crippen molar-refractivity contribution in [3.63, 3.8) is 0 Å². The number of rotatable bonds is 7. The first-order valence-electron chi connectivity index (χ1n) is 4.61. The second-order valence-electron chi connectivity index (χ2n) is 2.44. The Morgan fingerprint density at radius 3 is 1.83 bits per heavy atom. The highest BCUT2D eigenvalue weighted by molar-refractivity contribution is 6.51. The van der Waals surface area contributed by atoms with Gasteiger partial charge in [0.25, 0.3) is 0 Å². The van der Waals surface area contributed by atoms with Gasteiger partial charge in [-0.25, -0.2) is 0 Å². The molecule has 74 valence electrons. The Morgan fingerprint density at radius 1 is 1.00 bits per heavy atom. The van der Waals surface area contributed by atoms with Crippen molar-refractivity contribution in [3.8, 4) is 0 Å². The molecule has 0 saturated heterocycles. The van der Waals surface area contributed by atoms with Gasteiger partial charge in [-0.1, -0.05) is 0 Å². The van der Waals surface area contributed by atoms with Crippen molar-refractivity contribution in [1.29, 1.82) is 0 Å². The van der Waals surface area contributed by atoms with Gasteiger partial charge < -0.3 is 13.9 Å². The van der Waals surface area contributed by atoms with E-state index in [-0.39, 0.29) is 5.91 Å². The molecule has 0 saturated carbocycles. The number of hydrogen-bond donors (Lipinski definition) is 0. The molecule has 0 aliphatic heterocycles. The Balaban J connectivity index is 3.72. The van der Waals surface area contributed by atoms with Crippen molar-refractivity contribution in [2.45, 2.75) is 33.2 Å². The van der Waals surface area contributed by atoms with Crippen LogP contribution in [-0.2, 0) is 13.9 Å². The minimum Gasteiger partial charge on any atom is -0.415 e. The van der Waals surface area contributed by atoms with Crippen LogP contribution in [-0.4, -0.2) is 34.8 Å². The topological polar surface area (TPSA) is 27.7 Å². The Kier molecular flexibility index (Phi) is 7.79. The van der Waals surface area contributed by atoms with Crippen LogP contribution in [0.15, 0.2) is 0 Å². The van der Waals surface area contributed by atoms with Crippen LogP contribution < -0.4 is 0 Å². The van der Waals surface area contributed by atoms with Gasteiger partial charge in [-0.2, -0.15) is 0 Å². The van der Waals surface area contributed by atoms with Gasteiger partial charge in [-0.15, -0.1) is 0 Å². The highest BCUT2D eigenvalue weighted by Crippen LogP contribution is 2.02. The van der Waals surface area contributed by atoms with E-state index in [0.717, 1.165) is 6.61 Å². The third-order valence-electron chi connectivity index (χ3n) is 1.47. The zero-order chi connectivity index (χ0) is 9.40. The van der Waals surface area contributed by atoms with Crippen molar-refractivity contribution >= 4 is 9.04 Å². The van der Waals surface area contributed by atoms with Crippen molar-refractivity contribution < 1.29 is 13.9 Å². The summed E-state index contributed by atoms with van der Waals surface area (Å²) in [5.74, 6) is -0.0834. The maximum atomic E-state index is 5.50. The second kappa shape index (κ2) is 7.73. The zero-order valence-corrected chi connectivity index (χ0v) is 9.66. The summed E-state index contributed by atoms with van der Waals surface area (Å²) in [5, 5.41) is 0. The van der Waals surface area contributed by atoms with E-state index >= 15 is 0 Å². The molecular formula is C8H20O3Si. The van der Waals surface area contributed by atoms with E-state index in [1.165, 1.54) is 0 Å². The van der Waals surface area contributed by atoms with Gasteiger partial charge >= 0.3 is 0 Å². The summed E-state index contributed by atoms with van der Waals surface area (Å²) in [6, 6.07) is 0. The summed E-state index contributed by atoms with van der Waals surface area (Å²) in [5.41, 5.74) is 0. The van der Waals surface area contributed by atoms with Crippen LogP contribution in [0.3, 0.4) is 0 Å². The number of ether oxygens (including phenoxy) is 2. The van der Waals surface area contributed by atoms with Gasteiger partial charge in [0.2, 0.25) is 9.04 Å². The molecule has 4 heteroatoms. The predicted octanol–water partition coefficient (Wildman–Crippen LogP) is 1.31. The van der Waals surface area contributed by atoms with Crippen molar-refractivity contribution in [2.24, 2.45) is 0 Å². The predicted molar refractivity (Wildman–Crippen MR) is 51.7 cm³/mol. The van der Waals surface area contributed by atoms with E-state index in [1.807, 2.05) is 20.8 Å². The minimum atomic E-state index is -1.30. The van der Waals surface area contributed by atoms with Gasteiger partial charge in [-0.05, 0) is 27.3 Å². The summed E-state index contributed by atoms with van der Waals surface area (Å²) in [6.45, 7) is 10.2. The average Bonchev–Trinajstić information content (AvgIpc) is 2.04. The Morgan fingerprint density at radius 2 is 1.50 bits per heavy atom. The Bertz CT molecular complexity index is 94.3. The van der Waals surface area contributed by atoms with E-state index in [2.05, 4.69) is 6.55 Å². The molecule has 1 atom stereocenters. The smallest absolute Gasteiger partial charge is 0.235 e. The van der Waals surface area contributed by atoms with Gasteiger partial charge in [0.05, 0.1) is 0 Å². The lowest BCUT2D eigenvalue weighted by molar-refractivity contribution is -0.0934. The summed E-state index contributed by atoms with van der Waals surface area (Å²) in [4.78, 5) is 0. The number of hydrogen-bond acceptors (Lipinski definition) is 3. The molecule has 0 bridgehead atoms. The Hall–Kier alpha value is 0.0969. The molecule has 0 radical (unpaired) electrons. The molecule has 0 rings (SSSR count). The van der Waals surface area contributed by atoms with Crippen LogP contribution >= 0.6 is 0 Å². The molecular weight excluding hydrogens is 172 g/mol. The molecule has 0 spiro atoms. The van der Waals surface area contributed by atoms with Crippen molar-refractivity contribution in [2.75, 3.05) is 19.8 Å². The van der Waals surface area contributed by atoms with Crippen LogP contribution in [0.2, 0.25) is 6.55 Å². The summed E-state index contributed by atoms with van der Waals surface area (Å²) >= 11 is 0. The molecule has 12 heavy (non-hydrogen) atoms. The van der Waals surface area contributed by atoms with E-state index < -0.39 is 9.04 Å². The van der Waals surface area contributed by atoms with E-state index in [0.29, 0.717) is 13.2 Å². The summed E-state index contributed by atoms with van der Waals surface area (Å²) in [7, 11) is -1.30. The van der Waals surface area contributed by atoms with Gasteiger partial charge in [0.1, 0.15) is 0 Å². The first-order chi connectivity index (χ1) is 5.76. The largest absolute Gasteiger partial charge is 0.415 e. The fraction of sp³-hybridized carbons (Fsp3) is 1.00. The zero-order valence-electron chi connectivity index (χ0n) is 8.50. The van der Waals surface area contributed by atoms with E-state index in [9.17, 15) is 0 Å². The fourth-order valence-electron chi connectivity index (χ4n) is 0.989. The van der Waals surface area contributed by atoms with Crippen LogP contribution in [0.25, 0.3) is 0 Å². The molecule has 3 nitrogen and oxygen atoms in total. The van der Waals surface area contributed by atoms with Crippen LogP contribution in [0.4, 0.5) is 0 Å². The molecule has 1 unspecified atom stereocenters. The molecule has 0 aliphatic carbocycles. The lowest BCUT2D eigenvalue weighted by Crippen LogP contribution is -2.36. The standard InChI is InChI=1S/C8H20O3Si/c1-5-9-8(10-6-2)12(4)11-7-3/h8,12H,5-7H2,1-4H3. The van der Waals surface area contributed by atoms with Gasteiger partial charge in [0, 0.05) is 19.8 Å². The van der Waals surface area contributed by atoms with Gasteiger partial charge in [-0.3, -0.25) is 0 Å². The molecule has 0 heterocycles. The third-order valence-corrected chi connectivity index (χ3v) is 3.49. The normalized spacial score (nSPS) is 13.8. The maximum Gasteiger partial charge on any atom is 0.235 e. The lowest BCUT2D eigenvalue weighted by atomic mass is 10.8. The molecule has 0 fully saturated rings. The van der Waals surface area contributed by atoms with E-state index in [4.69, 9.17) is 13.9 Å². The minimum absolute atomic E-state index is 0.0834. The lowest BCUT2D eigenvalue weighted by Gasteiger charge is -2.21. The van der Waals surface area contributed by atoms with Gasteiger partial charge in [0.15, 0.2) is 5.91 Å². The maximum absolute atomic E-state index is 5.50. The summed E-state index contributed by atoms with van der Waals surface area (Å²) in [6.07, 6.45) is 0. The molecule has 0 aromatic carbocycles. The highest BCUT2D eigenvalue weighted by atomic mass is 28.3. The first kappa shape index (κ1) is 12.1. The van der Waals surface area contributed by atoms with Crippen LogP contribution in [0.5, 0.6) is 0 Å². The monoisotopic (exact) mass is 192 g/mol. The molecule has 0 N–H and O–H groups in total. The third kappa shape index (κ3) is 4.87. The molecule has 0 aromatic rings. The van der Waals surface area contributed by atoms with Crippen molar-refractivity contribution in [1.82, 2.24) is 0 Å². The van der Waals surface area contributed by atoms with E-state index in [1.54, 1.807) is 0 Å². The summed E-state index contributed by atoms with van der Waals surface area (Å²) < 4.78 is 16.3. The molecule has 0 aromatic heterocycles. The van der Waals surface area contributed by atoms with Crippen molar-refractivity contribution in [3.05, 3.63) is 0 Å². The SMILES string of the molecule is CCOC(OCC)[SiH](C)OCC. The molecule has 0 amide bonds. The quantitative estimate of drug-likeness (QED) is 0.450. The van der Waals surface area contributed by atoms with Crippen LogP contribution in [0, 0.1) is 0 Å². The average molecular weight is 192 g/mol. The molecule has 0 aliphatic rings. The Labute approximate surface area is 76.7 Å². The highest BCUT2D eigenvalue weighted by Gasteiger charge is 2.19. The first-order valence-corrected chi connectivity index (χ1v) is 6.90. The van der Waals surface area contributed by atoms with Crippen LogP contribution in [0.1, 0.15) is 20.8 Å². The second-order valence-corrected chi connectivity index (χ2v) is 4.73.